The van der Waals surface area contributed by atoms with Gasteiger partial charge in [0.25, 0.3) is 0 Å². The first-order valence-electron chi connectivity index (χ1n) is 15.3. The predicted octanol–water partition coefficient (Wildman–Crippen LogP) is 0.689. The van der Waals surface area contributed by atoms with Gasteiger partial charge in [0, 0.05) is 25.6 Å². The third-order valence-corrected chi connectivity index (χ3v) is 8.77. The monoisotopic (exact) mass is 600 g/mol. The number of amides is 2. The molecule has 0 saturated carbocycles. The van der Waals surface area contributed by atoms with E-state index in [2.05, 4.69) is 5.32 Å². The van der Waals surface area contributed by atoms with E-state index in [9.17, 15) is 24.6 Å². The molecule has 10 atom stereocenters. The van der Waals surface area contributed by atoms with Crippen LogP contribution in [0.3, 0.4) is 0 Å². The van der Waals surface area contributed by atoms with Crippen molar-refractivity contribution in [2.45, 2.75) is 104 Å². The van der Waals surface area contributed by atoms with Crippen LogP contribution < -0.4 is 5.32 Å². The third kappa shape index (κ3) is 9.59. The standard InChI is InChI=1S/C30H56N4O8/c1-11-34(12-2)17-24(36)41-26-20(5)27(42-29-25(37)22(32(8)9)13-19(4)40-29)30(7,39)14-18(3)16-33(10)23(35)15-31-28(38)21(26)6/h18-22,25-27,29,37,39H,11-17H2,1-10H3,(H,31,38)/t18-,19-,20+,21-,22+,25-,26+,27-,29+,30-/m1/s1. The summed E-state index contributed by atoms with van der Waals surface area (Å²) in [5, 5.41) is 26.0. The fourth-order valence-corrected chi connectivity index (χ4v) is 6.36. The van der Waals surface area contributed by atoms with Crippen molar-refractivity contribution in [3.8, 4) is 0 Å². The molecule has 0 spiro atoms. The number of carbonyl (C=O) groups excluding carboxylic acids is 3. The molecule has 3 N–H and O–H groups in total. The highest BCUT2D eigenvalue weighted by molar-refractivity contribution is 5.86. The van der Waals surface area contributed by atoms with Crippen molar-refractivity contribution < 1.29 is 38.8 Å². The van der Waals surface area contributed by atoms with Gasteiger partial charge in [0.05, 0.1) is 36.8 Å². The van der Waals surface area contributed by atoms with E-state index in [1.165, 1.54) is 4.90 Å². The zero-order valence-electron chi connectivity index (χ0n) is 27.3. The Labute approximate surface area is 252 Å². The average Bonchev–Trinajstić information content (AvgIpc) is 2.91. The molecule has 2 fully saturated rings. The molecule has 0 bridgehead atoms. The normalized spacial score (nSPS) is 37.6. The number of rotatable bonds is 8. The molecule has 0 radical (unpaired) electrons. The molecule has 2 heterocycles. The number of aliphatic hydroxyl groups is 2. The van der Waals surface area contributed by atoms with Gasteiger partial charge in [-0.1, -0.05) is 34.6 Å². The van der Waals surface area contributed by atoms with Gasteiger partial charge in [-0.25, -0.2) is 0 Å². The van der Waals surface area contributed by atoms with E-state index in [0.717, 1.165) is 0 Å². The summed E-state index contributed by atoms with van der Waals surface area (Å²) in [4.78, 5) is 44.6. The van der Waals surface area contributed by atoms with Gasteiger partial charge in [-0.15, -0.1) is 0 Å². The lowest BCUT2D eigenvalue weighted by Crippen LogP contribution is -2.59. The van der Waals surface area contributed by atoms with Gasteiger partial charge in [-0.05, 0) is 59.8 Å². The summed E-state index contributed by atoms with van der Waals surface area (Å²) >= 11 is 0. The smallest absolute Gasteiger partial charge is 0.320 e. The number of aliphatic hydroxyl groups excluding tert-OH is 1. The lowest BCUT2D eigenvalue weighted by Gasteiger charge is -2.47. The van der Waals surface area contributed by atoms with Crippen molar-refractivity contribution in [1.82, 2.24) is 20.0 Å². The topological polar surface area (TPSA) is 141 Å². The van der Waals surface area contributed by atoms with E-state index in [1.807, 2.05) is 51.6 Å². The Bertz CT molecular complexity index is 899. The quantitative estimate of drug-likeness (QED) is 0.341. The van der Waals surface area contributed by atoms with Crippen LogP contribution in [0.15, 0.2) is 0 Å². The van der Waals surface area contributed by atoms with Gasteiger partial charge in [0.1, 0.15) is 12.2 Å². The Balaban J connectivity index is 2.55. The number of carbonyl (C=O) groups is 3. The van der Waals surface area contributed by atoms with Gasteiger partial charge in [0.15, 0.2) is 6.29 Å². The molecule has 0 unspecified atom stereocenters. The minimum atomic E-state index is -1.51. The van der Waals surface area contributed by atoms with E-state index in [-0.39, 0.29) is 43.5 Å². The minimum absolute atomic E-state index is 0.0409. The molecule has 0 aromatic carbocycles. The van der Waals surface area contributed by atoms with Crippen molar-refractivity contribution in [2.24, 2.45) is 17.8 Å². The molecule has 2 amide bonds. The molecular weight excluding hydrogens is 544 g/mol. The van der Waals surface area contributed by atoms with E-state index < -0.39 is 53.9 Å². The lowest BCUT2D eigenvalue weighted by molar-refractivity contribution is -0.299. The summed E-state index contributed by atoms with van der Waals surface area (Å²) < 4.78 is 18.6. The number of ether oxygens (including phenoxy) is 3. The van der Waals surface area contributed by atoms with E-state index in [1.54, 1.807) is 27.8 Å². The van der Waals surface area contributed by atoms with Crippen LogP contribution in [0.5, 0.6) is 0 Å². The Kier molecular flexibility index (Phi) is 13.6. The molecule has 12 heteroatoms. The number of hydrogen-bond donors (Lipinski definition) is 3. The van der Waals surface area contributed by atoms with Gasteiger partial charge in [-0.3, -0.25) is 19.3 Å². The summed E-state index contributed by atoms with van der Waals surface area (Å²) in [6.45, 7) is 14.3. The van der Waals surface area contributed by atoms with Crippen LogP contribution in [0, 0.1) is 17.8 Å². The molecule has 0 aliphatic carbocycles. The molecule has 42 heavy (non-hydrogen) atoms. The number of hydrogen-bond acceptors (Lipinski definition) is 10. The predicted molar refractivity (Wildman–Crippen MR) is 158 cm³/mol. The molecular formula is C30H56N4O8. The highest BCUT2D eigenvalue weighted by Gasteiger charge is 2.49. The molecule has 2 aliphatic heterocycles. The summed E-state index contributed by atoms with van der Waals surface area (Å²) in [6, 6.07) is -0.236. The highest BCUT2D eigenvalue weighted by atomic mass is 16.7. The van der Waals surface area contributed by atoms with E-state index in [0.29, 0.717) is 26.1 Å². The van der Waals surface area contributed by atoms with Gasteiger partial charge in [0.2, 0.25) is 11.8 Å². The SMILES string of the molecule is CCN(CC)CC(=O)O[C@H]1[C@H](C)[C@@H](O[C@@H]2O[C@H](C)C[C@H](N(C)C)[C@H]2O)[C@](C)(O)C[C@@H](C)CN(C)C(=O)CNC(=O)[C@@H]1C. The van der Waals surface area contributed by atoms with Crippen molar-refractivity contribution in [3.05, 3.63) is 0 Å². The summed E-state index contributed by atoms with van der Waals surface area (Å²) in [6.07, 6.45) is -3.45. The van der Waals surface area contributed by atoms with Crippen molar-refractivity contribution in [3.63, 3.8) is 0 Å². The zero-order chi connectivity index (χ0) is 31.9. The van der Waals surface area contributed by atoms with Crippen LogP contribution in [-0.2, 0) is 28.6 Å². The lowest BCUT2D eigenvalue weighted by atomic mass is 9.77. The van der Waals surface area contributed by atoms with E-state index >= 15 is 0 Å². The van der Waals surface area contributed by atoms with Crippen LogP contribution in [0.2, 0.25) is 0 Å². The van der Waals surface area contributed by atoms with Gasteiger partial charge < -0.3 is 39.5 Å². The molecule has 0 aromatic heterocycles. The number of likely N-dealkylation sites (N-methyl/N-ethyl adjacent to an activating group) is 3. The molecule has 244 valence electrons. The molecule has 2 rings (SSSR count). The number of nitrogens with one attached hydrogen (secondary N) is 1. The fourth-order valence-electron chi connectivity index (χ4n) is 6.36. The van der Waals surface area contributed by atoms with Crippen LogP contribution in [-0.4, -0.2) is 139 Å². The Morgan fingerprint density at radius 3 is 2.36 bits per heavy atom. The second-order valence-corrected chi connectivity index (χ2v) is 12.9. The first-order chi connectivity index (χ1) is 19.5. The number of nitrogens with zero attached hydrogens (tertiary/aromatic N) is 3. The summed E-state index contributed by atoms with van der Waals surface area (Å²) in [5.74, 6) is -2.93. The first-order valence-corrected chi connectivity index (χ1v) is 15.3. The average molecular weight is 601 g/mol. The zero-order valence-corrected chi connectivity index (χ0v) is 27.3. The second kappa shape index (κ2) is 15.8. The van der Waals surface area contributed by atoms with Crippen molar-refractivity contribution in [1.29, 1.82) is 0 Å². The maximum absolute atomic E-state index is 13.3. The molecule has 0 aromatic rings. The molecule has 12 nitrogen and oxygen atoms in total. The van der Waals surface area contributed by atoms with Gasteiger partial charge >= 0.3 is 5.97 Å². The largest absolute Gasteiger partial charge is 0.460 e. The third-order valence-electron chi connectivity index (χ3n) is 8.77. The Hall–Kier alpha value is -1.83. The molecule has 2 saturated heterocycles. The van der Waals surface area contributed by atoms with Crippen LogP contribution >= 0.6 is 0 Å². The van der Waals surface area contributed by atoms with E-state index in [4.69, 9.17) is 14.2 Å². The Morgan fingerprint density at radius 1 is 1.17 bits per heavy atom. The molecule has 2 aliphatic rings. The summed E-state index contributed by atoms with van der Waals surface area (Å²) in [5.41, 5.74) is -1.51. The maximum atomic E-state index is 13.3. The van der Waals surface area contributed by atoms with Crippen LogP contribution in [0.4, 0.5) is 0 Å². The fraction of sp³-hybridized carbons (Fsp3) is 0.900. The van der Waals surface area contributed by atoms with Crippen molar-refractivity contribution in [2.75, 3.05) is 53.9 Å². The Morgan fingerprint density at radius 2 is 1.79 bits per heavy atom. The van der Waals surface area contributed by atoms with Crippen LogP contribution in [0.25, 0.3) is 0 Å². The summed E-state index contributed by atoms with van der Waals surface area (Å²) in [7, 11) is 5.42. The minimum Gasteiger partial charge on any atom is -0.460 e. The number of esters is 1. The van der Waals surface area contributed by atoms with Crippen molar-refractivity contribution >= 4 is 17.8 Å². The first kappa shape index (κ1) is 36.4. The highest BCUT2D eigenvalue weighted by Crippen LogP contribution is 2.36. The van der Waals surface area contributed by atoms with Crippen LogP contribution in [0.1, 0.15) is 61.3 Å². The second-order valence-electron chi connectivity index (χ2n) is 12.9. The maximum Gasteiger partial charge on any atom is 0.320 e. The van der Waals surface area contributed by atoms with Gasteiger partial charge in [-0.2, -0.15) is 0 Å².